The van der Waals surface area contributed by atoms with Crippen LogP contribution in [-0.4, -0.2) is 17.4 Å². The largest absolute Gasteiger partial charge is 0.516 e. The fraction of sp³-hybridized carbons (Fsp3) is 0.227. The van der Waals surface area contributed by atoms with E-state index in [1.807, 2.05) is 6.29 Å². The van der Waals surface area contributed by atoms with Crippen molar-refractivity contribution in [3.05, 3.63) is 71.1 Å². The minimum absolute atomic E-state index is 0. The van der Waals surface area contributed by atoms with Crippen LogP contribution < -0.4 is 10.1 Å². The topological polar surface area (TPSA) is 81.4 Å². The predicted octanol–water partition coefficient (Wildman–Crippen LogP) is 4.44. The normalized spacial score (nSPS) is 12.8. The number of nitrogens with zero attached hydrogens (tertiary/aromatic N) is 1. The molecule has 1 aliphatic carbocycles. The Hall–Kier alpha value is -2.83. The van der Waals surface area contributed by atoms with E-state index in [9.17, 15) is 9.59 Å². The van der Waals surface area contributed by atoms with E-state index in [1.165, 1.54) is 0 Å². The number of hydrogen-bond acceptors (Lipinski definition) is 5. The second-order valence-electron chi connectivity index (χ2n) is 6.67. The molecule has 0 atom stereocenters. The zero-order valence-corrected chi connectivity index (χ0v) is 17.1. The number of anilines is 1. The van der Waals surface area contributed by atoms with Gasteiger partial charge in [-0.15, -0.1) is 11.6 Å². The van der Waals surface area contributed by atoms with Gasteiger partial charge in [-0.1, -0.05) is 23.7 Å². The molecule has 4 rings (SSSR count). The fourth-order valence-corrected chi connectivity index (χ4v) is 3.30. The molecular weight excluding hydrogens is 407 g/mol. The van der Waals surface area contributed by atoms with Crippen molar-refractivity contribution in [2.24, 2.45) is 0 Å². The maximum atomic E-state index is 12.6. The molecule has 1 radical (unpaired) electrons. The van der Waals surface area contributed by atoms with Gasteiger partial charge < -0.3 is 19.4 Å². The van der Waals surface area contributed by atoms with Crippen LogP contribution in [0.3, 0.4) is 0 Å². The summed E-state index contributed by atoms with van der Waals surface area (Å²) in [5.41, 5.74) is 2.27. The number of aromatic nitrogens is 1. The van der Waals surface area contributed by atoms with Crippen molar-refractivity contribution in [2.75, 3.05) is 5.32 Å². The minimum Gasteiger partial charge on any atom is -0.516 e. The quantitative estimate of drug-likeness (QED) is 0.482. The molecule has 7 heteroatoms. The molecular formula is C22H19N2O4V-. The SMILES string of the molecule is O=[C-]c1ccccc1Oc1ccc(NC(=O)c2noc3c2CCCCC3)cc1.[V]. The second-order valence-corrected chi connectivity index (χ2v) is 6.67. The third-order valence-corrected chi connectivity index (χ3v) is 4.75. The van der Waals surface area contributed by atoms with E-state index < -0.39 is 0 Å². The number of carbonyl (C=O) groups excluding carboxylic acids is 2. The van der Waals surface area contributed by atoms with Crippen LogP contribution >= 0.6 is 0 Å². The number of benzene rings is 2. The molecule has 1 heterocycles. The van der Waals surface area contributed by atoms with E-state index in [0.717, 1.165) is 43.4 Å². The number of rotatable bonds is 5. The summed E-state index contributed by atoms with van der Waals surface area (Å²) in [6, 6.07) is 13.8. The van der Waals surface area contributed by atoms with Gasteiger partial charge in [-0.05, 0) is 43.5 Å². The van der Waals surface area contributed by atoms with Crippen LogP contribution in [0.2, 0.25) is 0 Å². The summed E-state index contributed by atoms with van der Waals surface area (Å²) in [5, 5.41) is 6.83. The van der Waals surface area contributed by atoms with Crippen LogP contribution in [0.4, 0.5) is 5.69 Å². The van der Waals surface area contributed by atoms with Crippen LogP contribution in [0.1, 0.15) is 46.6 Å². The van der Waals surface area contributed by atoms with E-state index in [-0.39, 0.29) is 24.5 Å². The maximum Gasteiger partial charge on any atom is 0.278 e. The molecule has 0 aliphatic heterocycles. The zero-order valence-electron chi connectivity index (χ0n) is 15.7. The number of hydrogen-bond donors (Lipinski definition) is 1. The molecule has 1 aromatic heterocycles. The number of para-hydroxylation sites is 1. The molecule has 0 saturated carbocycles. The van der Waals surface area contributed by atoms with Gasteiger partial charge in [0.2, 0.25) is 0 Å². The van der Waals surface area contributed by atoms with Crippen LogP contribution in [-0.2, 0) is 36.2 Å². The summed E-state index contributed by atoms with van der Waals surface area (Å²) < 4.78 is 11.1. The molecule has 147 valence electrons. The molecule has 0 spiro atoms. The molecule has 1 aliphatic rings. The van der Waals surface area contributed by atoms with Gasteiger partial charge in [0, 0.05) is 42.0 Å². The first-order chi connectivity index (χ1) is 13.7. The van der Waals surface area contributed by atoms with Crippen LogP contribution in [0.15, 0.2) is 53.1 Å². The van der Waals surface area contributed by atoms with Gasteiger partial charge in [0.25, 0.3) is 5.91 Å². The van der Waals surface area contributed by atoms with Gasteiger partial charge in [-0.2, -0.15) is 6.07 Å². The van der Waals surface area contributed by atoms with Crippen molar-refractivity contribution in [2.45, 2.75) is 32.1 Å². The first kappa shape index (κ1) is 20.9. The van der Waals surface area contributed by atoms with E-state index in [0.29, 0.717) is 28.4 Å². The van der Waals surface area contributed by atoms with Crippen LogP contribution in [0.5, 0.6) is 11.5 Å². The Morgan fingerprint density at radius 2 is 1.79 bits per heavy atom. The molecule has 1 amide bonds. The first-order valence-electron chi connectivity index (χ1n) is 9.28. The smallest absolute Gasteiger partial charge is 0.278 e. The van der Waals surface area contributed by atoms with Gasteiger partial charge in [0.05, 0.1) is 6.29 Å². The molecule has 0 saturated heterocycles. The number of carbonyl (C=O) groups is 1. The molecule has 2 aromatic carbocycles. The van der Waals surface area contributed by atoms with Gasteiger partial charge >= 0.3 is 0 Å². The molecule has 1 N–H and O–H groups in total. The zero-order chi connectivity index (χ0) is 19.3. The Kier molecular flexibility index (Phi) is 6.91. The van der Waals surface area contributed by atoms with Gasteiger partial charge in [0.1, 0.15) is 11.5 Å². The van der Waals surface area contributed by atoms with Gasteiger partial charge in [-0.3, -0.25) is 4.79 Å². The number of ether oxygens (including phenoxy) is 1. The molecule has 0 bridgehead atoms. The standard InChI is InChI=1S/C22H19N2O4.V/c25-14-15-6-4-5-8-19(15)27-17-12-10-16(11-13-17)23-22(26)21-18-7-2-1-3-9-20(18)28-24-21;/h4-6,8,10-13H,1-3,7,9H2,(H,23,26);/q-1;. The monoisotopic (exact) mass is 426 g/mol. The molecule has 0 unspecified atom stereocenters. The summed E-state index contributed by atoms with van der Waals surface area (Å²) in [4.78, 5) is 23.6. The Morgan fingerprint density at radius 3 is 2.59 bits per heavy atom. The van der Waals surface area contributed by atoms with E-state index in [2.05, 4.69) is 10.5 Å². The Morgan fingerprint density at radius 1 is 1.03 bits per heavy atom. The van der Waals surface area contributed by atoms with Crippen molar-refractivity contribution in [1.29, 1.82) is 0 Å². The van der Waals surface area contributed by atoms with Crippen LogP contribution in [0, 0.1) is 0 Å². The third-order valence-electron chi connectivity index (χ3n) is 4.75. The minimum atomic E-state index is -0.276. The van der Waals surface area contributed by atoms with Crippen molar-refractivity contribution < 1.29 is 37.4 Å². The Balaban J connectivity index is 0.00000240. The number of aryl methyl sites for hydroxylation is 1. The summed E-state index contributed by atoms with van der Waals surface area (Å²) in [5.74, 6) is 1.54. The van der Waals surface area contributed by atoms with Crippen molar-refractivity contribution in [1.82, 2.24) is 5.16 Å². The number of amides is 1. The van der Waals surface area contributed by atoms with Crippen molar-refractivity contribution in [3.63, 3.8) is 0 Å². The summed E-state index contributed by atoms with van der Waals surface area (Å²) in [6.45, 7) is 0. The molecule has 3 aromatic rings. The van der Waals surface area contributed by atoms with Crippen molar-refractivity contribution >= 4 is 17.9 Å². The maximum absolute atomic E-state index is 12.6. The first-order valence-corrected chi connectivity index (χ1v) is 9.28. The molecule has 29 heavy (non-hydrogen) atoms. The van der Waals surface area contributed by atoms with E-state index in [4.69, 9.17) is 9.26 Å². The Bertz CT molecular complexity index is 998. The van der Waals surface area contributed by atoms with Gasteiger partial charge in [-0.25, -0.2) is 0 Å². The molecule has 6 nitrogen and oxygen atoms in total. The third kappa shape index (κ3) is 4.78. The summed E-state index contributed by atoms with van der Waals surface area (Å²) in [7, 11) is 0. The molecule has 0 fully saturated rings. The van der Waals surface area contributed by atoms with E-state index >= 15 is 0 Å². The second kappa shape index (κ2) is 9.59. The van der Waals surface area contributed by atoms with E-state index in [1.54, 1.807) is 48.5 Å². The number of fused-ring (bicyclic) bond motifs is 1. The predicted molar refractivity (Wildman–Crippen MR) is 103 cm³/mol. The summed E-state index contributed by atoms with van der Waals surface area (Å²) in [6.07, 6.45) is 6.75. The van der Waals surface area contributed by atoms with Gasteiger partial charge in [0.15, 0.2) is 5.69 Å². The number of nitrogens with one attached hydrogen (secondary N) is 1. The average Bonchev–Trinajstić information content (AvgIpc) is 2.98. The fourth-order valence-electron chi connectivity index (χ4n) is 3.30. The van der Waals surface area contributed by atoms with Crippen molar-refractivity contribution in [3.8, 4) is 11.5 Å². The Labute approximate surface area is 180 Å². The average molecular weight is 426 g/mol. The van der Waals surface area contributed by atoms with Crippen LogP contribution in [0.25, 0.3) is 0 Å². The summed E-state index contributed by atoms with van der Waals surface area (Å²) >= 11 is 0.